The van der Waals surface area contributed by atoms with Gasteiger partial charge in [-0.15, -0.1) is 0 Å². The van der Waals surface area contributed by atoms with Crippen LogP contribution in [0.25, 0.3) is 0 Å². The number of hydrogen-bond donors (Lipinski definition) is 2. The molecule has 2 N–H and O–H groups in total. The van der Waals surface area contributed by atoms with Gasteiger partial charge in [0.15, 0.2) is 0 Å². The summed E-state index contributed by atoms with van der Waals surface area (Å²) >= 11 is 5.74. The Hall–Kier alpha value is -1.39. The predicted molar refractivity (Wildman–Crippen MR) is 68.3 cm³/mol. The van der Waals surface area contributed by atoms with Crippen molar-refractivity contribution in [1.29, 1.82) is 0 Å². The van der Waals surface area contributed by atoms with E-state index in [1.54, 1.807) is 12.1 Å². The zero-order chi connectivity index (χ0) is 13.1. The van der Waals surface area contributed by atoms with Gasteiger partial charge in [-0.25, -0.2) is 9.37 Å². The molecule has 0 saturated heterocycles. The van der Waals surface area contributed by atoms with Crippen molar-refractivity contribution in [3.05, 3.63) is 51.8 Å². The van der Waals surface area contributed by atoms with Gasteiger partial charge in [-0.1, -0.05) is 17.7 Å². The molecule has 1 aromatic carbocycles. The summed E-state index contributed by atoms with van der Waals surface area (Å²) in [5.74, 6) is 0.346. The van der Waals surface area contributed by atoms with Crippen LogP contribution in [0.2, 0.25) is 5.02 Å². The molecule has 3 nitrogen and oxygen atoms in total. The summed E-state index contributed by atoms with van der Waals surface area (Å²) in [6.45, 7) is 1.99. The number of rotatable bonds is 4. The van der Waals surface area contributed by atoms with Gasteiger partial charge >= 0.3 is 0 Å². The molecule has 0 bridgehead atoms. The topological polar surface area (TPSA) is 48.9 Å². The number of aromatic nitrogens is 2. The van der Waals surface area contributed by atoms with Crippen LogP contribution in [-0.2, 0) is 12.8 Å². The lowest BCUT2D eigenvalue weighted by Gasteiger charge is -2.01. The van der Waals surface area contributed by atoms with E-state index in [4.69, 9.17) is 16.7 Å². The van der Waals surface area contributed by atoms with E-state index >= 15 is 0 Å². The molecule has 0 amide bonds. The first-order valence-electron chi connectivity index (χ1n) is 5.69. The summed E-state index contributed by atoms with van der Waals surface area (Å²) in [6.07, 6.45) is 1.10. The van der Waals surface area contributed by atoms with Crippen LogP contribution < -0.4 is 0 Å². The Bertz CT molecular complexity index is 554. The number of hydrogen-bond acceptors (Lipinski definition) is 2. The third-order valence-electron chi connectivity index (χ3n) is 2.74. The quantitative estimate of drug-likeness (QED) is 0.896. The van der Waals surface area contributed by atoms with Crippen LogP contribution in [0.4, 0.5) is 4.39 Å². The van der Waals surface area contributed by atoms with Gasteiger partial charge in [0.1, 0.15) is 11.6 Å². The van der Waals surface area contributed by atoms with E-state index < -0.39 is 5.82 Å². The molecule has 2 rings (SSSR count). The van der Waals surface area contributed by atoms with Crippen LogP contribution in [0.3, 0.4) is 0 Å². The molecule has 0 aliphatic rings. The highest BCUT2D eigenvalue weighted by molar-refractivity contribution is 6.30. The maximum Gasteiger partial charge on any atom is 0.141 e. The third kappa shape index (κ3) is 2.89. The van der Waals surface area contributed by atoms with Gasteiger partial charge in [0, 0.05) is 18.5 Å². The maximum atomic E-state index is 13.0. The summed E-state index contributed by atoms with van der Waals surface area (Å²) < 4.78 is 13.0. The third-order valence-corrected chi connectivity index (χ3v) is 3.03. The van der Waals surface area contributed by atoms with Crippen molar-refractivity contribution in [3.8, 4) is 0 Å². The number of aromatic amines is 1. The average molecular weight is 269 g/mol. The Morgan fingerprint density at radius 1 is 1.44 bits per heavy atom. The number of imidazole rings is 1. The lowest BCUT2D eigenvalue weighted by molar-refractivity contribution is 0.297. The van der Waals surface area contributed by atoms with Crippen LogP contribution in [0.15, 0.2) is 18.2 Å². The van der Waals surface area contributed by atoms with Gasteiger partial charge in [0.05, 0.1) is 17.3 Å². The summed E-state index contributed by atoms with van der Waals surface area (Å²) in [4.78, 5) is 7.51. The first-order chi connectivity index (χ1) is 8.60. The van der Waals surface area contributed by atoms with Crippen LogP contribution in [0, 0.1) is 12.7 Å². The highest BCUT2D eigenvalue weighted by Crippen LogP contribution is 2.19. The van der Waals surface area contributed by atoms with Crippen LogP contribution >= 0.6 is 11.6 Å². The number of halogens is 2. The second kappa shape index (κ2) is 5.50. The van der Waals surface area contributed by atoms with Crippen LogP contribution in [0.1, 0.15) is 22.8 Å². The zero-order valence-electron chi connectivity index (χ0n) is 10.0. The van der Waals surface area contributed by atoms with E-state index in [0.29, 0.717) is 12.8 Å². The fourth-order valence-corrected chi connectivity index (χ4v) is 2.01. The highest BCUT2D eigenvalue weighted by Gasteiger charge is 2.08. The Kier molecular flexibility index (Phi) is 3.99. The van der Waals surface area contributed by atoms with Gasteiger partial charge in [-0.2, -0.15) is 0 Å². The molecule has 0 saturated carbocycles. The Morgan fingerprint density at radius 3 is 2.89 bits per heavy atom. The number of nitrogens with zero attached hydrogens (tertiary/aromatic N) is 1. The Morgan fingerprint density at radius 2 is 2.22 bits per heavy atom. The molecule has 0 radical (unpaired) electrons. The number of benzene rings is 1. The molecular formula is C13H14ClFN2O. The fraction of sp³-hybridized carbons (Fsp3) is 0.308. The number of nitrogens with one attached hydrogen (secondary N) is 1. The van der Waals surface area contributed by atoms with Crippen molar-refractivity contribution >= 4 is 11.6 Å². The number of aryl methyl sites for hydroxylation is 1. The van der Waals surface area contributed by atoms with E-state index in [0.717, 1.165) is 22.8 Å². The normalized spacial score (nSPS) is 10.9. The van der Waals surface area contributed by atoms with E-state index in [1.807, 2.05) is 6.92 Å². The Balaban J connectivity index is 2.20. The standard InChI is InChI=1S/C13H14ClFN2O/c1-8-12(17-13(16-8)4-5-18)7-9-2-3-11(15)10(14)6-9/h2-3,6,18H,4-5,7H2,1H3,(H,16,17). The second-order valence-corrected chi connectivity index (χ2v) is 4.56. The van der Waals surface area contributed by atoms with E-state index in [9.17, 15) is 4.39 Å². The van der Waals surface area contributed by atoms with Gasteiger partial charge in [0.2, 0.25) is 0 Å². The maximum absolute atomic E-state index is 13.0. The number of H-pyrrole nitrogens is 1. The van der Waals surface area contributed by atoms with E-state index in [2.05, 4.69) is 9.97 Å². The molecule has 0 spiro atoms. The molecule has 0 aliphatic carbocycles. The number of aliphatic hydroxyl groups is 1. The molecule has 0 atom stereocenters. The lowest BCUT2D eigenvalue weighted by Crippen LogP contribution is -1.94. The van der Waals surface area contributed by atoms with Gasteiger partial charge < -0.3 is 10.1 Å². The number of aliphatic hydroxyl groups excluding tert-OH is 1. The molecule has 1 aromatic heterocycles. The molecule has 18 heavy (non-hydrogen) atoms. The van der Waals surface area contributed by atoms with Crippen molar-refractivity contribution in [2.45, 2.75) is 19.8 Å². The van der Waals surface area contributed by atoms with Gasteiger partial charge in [-0.3, -0.25) is 0 Å². The molecule has 0 unspecified atom stereocenters. The summed E-state index contributed by atoms with van der Waals surface area (Å²) in [5, 5.41) is 8.98. The summed E-state index contributed by atoms with van der Waals surface area (Å²) in [5.41, 5.74) is 2.76. The van der Waals surface area contributed by atoms with Crippen molar-refractivity contribution in [1.82, 2.24) is 9.97 Å². The zero-order valence-corrected chi connectivity index (χ0v) is 10.8. The molecule has 1 heterocycles. The first kappa shape index (κ1) is 13.1. The Labute approximate surface area is 110 Å². The van der Waals surface area contributed by atoms with Crippen LogP contribution in [0.5, 0.6) is 0 Å². The largest absolute Gasteiger partial charge is 0.396 e. The molecule has 0 aliphatic heterocycles. The van der Waals surface area contributed by atoms with Gasteiger partial charge in [-0.05, 0) is 24.6 Å². The van der Waals surface area contributed by atoms with Crippen LogP contribution in [-0.4, -0.2) is 21.7 Å². The van der Waals surface area contributed by atoms with Crippen molar-refractivity contribution in [3.63, 3.8) is 0 Å². The SMILES string of the molecule is Cc1[nH]c(CCO)nc1Cc1ccc(F)c(Cl)c1. The summed E-state index contributed by atoms with van der Waals surface area (Å²) in [7, 11) is 0. The molecule has 5 heteroatoms. The minimum Gasteiger partial charge on any atom is -0.396 e. The minimum absolute atomic E-state index is 0.0643. The fourth-order valence-electron chi connectivity index (χ4n) is 1.80. The smallest absolute Gasteiger partial charge is 0.141 e. The molecule has 96 valence electrons. The van der Waals surface area contributed by atoms with Crippen molar-refractivity contribution < 1.29 is 9.50 Å². The van der Waals surface area contributed by atoms with Gasteiger partial charge in [0.25, 0.3) is 0 Å². The predicted octanol–water partition coefficient (Wildman–Crippen LogP) is 2.64. The average Bonchev–Trinajstić information content (AvgIpc) is 2.65. The monoisotopic (exact) mass is 268 g/mol. The molecule has 2 aromatic rings. The lowest BCUT2D eigenvalue weighted by atomic mass is 10.1. The second-order valence-electron chi connectivity index (χ2n) is 4.15. The van der Waals surface area contributed by atoms with E-state index in [-0.39, 0.29) is 11.6 Å². The molecular weight excluding hydrogens is 255 g/mol. The highest BCUT2D eigenvalue weighted by atomic mass is 35.5. The minimum atomic E-state index is -0.417. The van der Waals surface area contributed by atoms with E-state index in [1.165, 1.54) is 6.07 Å². The van der Waals surface area contributed by atoms with Crippen molar-refractivity contribution in [2.24, 2.45) is 0 Å². The summed E-state index contributed by atoms with van der Waals surface area (Å²) in [6, 6.07) is 4.66. The van der Waals surface area contributed by atoms with Crippen molar-refractivity contribution in [2.75, 3.05) is 6.61 Å². The molecule has 0 fully saturated rings. The first-order valence-corrected chi connectivity index (χ1v) is 6.07.